The maximum Gasteiger partial charge on any atom is 0.267 e. The quantitative estimate of drug-likeness (QED) is 0.617. The van der Waals surface area contributed by atoms with Gasteiger partial charge < -0.3 is 9.88 Å². The summed E-state index contributed by atoms with van der Waals surface area (Å²) >= 11 is 3.29. The van der Waals surface area contributed by atoms with Crippen LogP contribution in [0.5, 0.6) is 0 Å². The molecule has 5 nitrogen and oxygen atoms in total. The van der Waals surface area contributed by atoms with Gasteiger partial charge in [-0.25, -0.2) is 4.98 Å². The molecule has 0 saturated heterocycles. The molecule has 0 aliphatic carbocycles. The summed E-state index contributed by atoms with van der Waals surface area (Å²) < 4.78 is 3.01. The number of pyridine rings is 1. The maximum absolute atomic E-state index is 12.3. The highest BCUT2D eigenvalue weighted by Gasteiger charge is 2.13. The molecule has 0 saturated carbocycles. The van der Waals surface area contributed by atoms with Crippen LogP contribution in [0.1, 0.15) is 30.3 Å². The van der Waals surface area contributed by atoms with Crippen molar-refractivity contribution >= 4 is 33.7 Å². The van der Waals surface area contributed by atoms with Gasteiger partial charge in [0, 0.05) is 28.6 Å². The Morgan fingerprint density at radius 2 is 2.21 bits per heavy atom. The molecule has 1 amide bonds. The fraction of sp³-hybridized carbons (Fsp3) is 0.278. The van der Waals surface area contributed by atoms with Gasteiger partial charge in [0.15, 0.2) is 0 Å². The third-order valence-electron chi connectivity index (χ3n) is 3.69. The van der Waals surface area contributed by atoms with E-state index in [-0.39, 0.29) is 5.57 Å². The second-order valence-electron chi connectivity index (χ2n) is 5.46. The van der Waals surface area contributed by atoms with Crippen LogP contribution in [0.2, 0.25) is 0 Å². The van der Waals surface area contributed by atoms with Crippen LogP contribution < -0.4 is 5.32 Å². The van der Waals surface area contributed by atoms with Crippen LogP contribution in [0.15, 0.2) is 34.4 Å². The van der Waals surface area contributed by atoms with Crippen molar-refractivity contribution in [3.63, 3.8) is 0 Å². The molecule has 2 aromatic heterocycles. The molecule has 6 heteroatoms. The van der Waals surface area contributed by atoms with Crippen LogP contribution in [0, 0.1) is 25.2 Å². The molecule has 2 rings (SSSR count). The lowest BCUT2D eigenvalue weighted by atomic mass is 10.1. The van der Waals surface area contributed by atoms with E-state index >= 15 is 0 Å². The Labute approximate surface area is 150 Å². The van der Waals surface area contributed by atoms with Crippen LogP contribution in [0.3, 0.4) is 0 Å². The zero-order valence-corrected chi connectivity index (χ0v) is 15.5. The van der Waals surface area contributed by atoms with Crippen molar-refractivity contribution in [3.05, 3.63) is 51.4 Å². The number of anilines is 1. The zero-order chi connectivity index (χ0) is 17.7. The number of aromatic nitrogens is 2. The van der Waals surface area contributed by atoms with Crippen LogP contribution in [-0.2, 0) is 11.3 Å². The van der Waals surface area contributed by atoms with Gasteiger partial charge in [-0.05, 0) is 66.0 Å². The van der Waals surface area contributed by atoms with Gasteiger partial charge >= 0.3 is 0 Å². The molecule has 124 valence electrons. The molecule has 1 N–H and O–H groups in total. The lowest BCUT2D eigenvalue weighted by molar-refractivity contribution is -0.112. The van der Waals surface area contributed by atoms with Crippen molar-refractivity contribution in [3.8, 4) is 6.07 Å². The summed E-state index contributed by atoms with van der Waals surface area (Å²) in [6.07, 6.45) is 4.24. The molecule has 0 aliphatic rings. The first-order valence-corrected chi connectivity index (χ1v) is 8.47. The van der Waals surface area contributed by atoms with E-state index in [9.17, 15) is 10.1 Å². The lowest BCUT2D eigenvalue weighted by Gasteiger charge is -2.07. The van der Waals surface area contributed by atoms with E-state index in [2.05, 4.69) is 37.7 Å². The number of nitriles is 1. The average molecular weight is 387 g/mol. The Balaban J connectivity index is 2.26. The third-order valence-corrected chi connectivity index (χ3v) is 4.16. The van der Waals surface area contributed by atoms with Crippen LogP contribution in [0.25, 0.3) is 6.08 Å². The van der Waals surface area contributed by atoms with Crippen molar-refractivity contribution in [2.24, 2.45) is 0 Å². The van der Waals surface area contributed by atoms with Gasteiger partial charge in [0.2, 0.25) is 0 Å². The van der Waals surface area contributed by atoms with Gasteiger partial charge in [-0.1, -0.05) is 6.92 Å². The van der Waals surface area contributed by atoms with Crippen LogP contribution in [-0.4, -0.2) is 15.5 Å². The predicted octanol–water partition coefficient (Wildman–Crippen LogP) is 4.22. The number of hydrogen-bond donors (Lipinski definition) is 1. The molecule has 2 aromatic rings. The lowest BCUT2D eigenvalue weighted by Crippen LogP contribution is -2.14. The van der Waals surface area contributed by atoms with E-state index in [1.165, 1.54) is 0 Å². The SMILES string of the molecule is CCCn1c(C)cc(/C=C(/C#N)C(=O)Nc2ccc(Br)cn2)c1C. The maximum atomic E-state index is 12.3. The van der Waals surface area contributed by atoms with Gasteiger partial charge in [0.25, 0.3) is 5.91 Å². The van der Waals surface area contributed by atoms with Crippen molar-refractivity contribution < 1.29 is 4.79 Å². The summed E-state index contributed by atoms with van der Waals surface area (Å²) in [5.41, 5.74) is 3.11. The summed E-state index contributed by atoms with van der Waals surface area (Å²) in [5.74, 6) is -0.0616. The summed E-state index contributed by atoms with van der Waals surface area (Å²) in [6, 6.07) is 7.41. The molecule has 24 heavy (non-hydrogen) atoms. The van der Waals surface area contributed by atoms with E-state index in [0.717, 1.165) is 34.4 Å². The number of carbonyl (C=O) groups excluding carboxylic acids is 1. The van der Waals surface area contributed by atoms with E-state index in [0.29, 0.717) is 5.82 Å². The molecule has 0 fully saturated rings. The predicted molar refractivity (Wildman–Crippen MR) is 98.4 cm³/mol. The Morgan fingerprint density at radius 3 is 2.79 bits per heavy atom. The van der Waals surface area contributed by atoms with Crippen LogP contribution >= 0.6 is 15.9 Å². The van der Waals surface area contributed by atoms with E-state index in [4.69, 9.17) is 0 Å². The van der Waals surface area contributed by atoms with Crippen molar-refractivity contribution in [1.82, 2.24) is 9.55 Å². The van der Waals surface area contributed by atoms with Crippen molar-refractivity contribution in [2.45, 2.75) is 33.7 Å². The number of amides is 1. The molecule has 0 unspecified atom stereocenters. The number of carbonyl (C=O) groups is 1. The Kier molecular flexibility index (Phi) is 5.93. The molecule has 0 aromatic carbocycles. The number of halogens is 1. The molecule has 0 bridgehead atoms. The van der Waals surface area contributed by atoms with Gasteiger partial charge in [-0.3, -0.25) is 4.79 Å². The monoisotopic (exact) mass is 386 g/mol. The van der Waals surface area contributed by atoms with Gasteiger partial charge in [-0.2, -0.15) is 5.26 Å². The number of hydrogen-bond acceptors (Lipinski definition) is 3. The normalized spacial score (nSPS) is 11.2. The highest BCUT2D eigenvalue weighted by Crippen LogP contribution is 2.19. The molecular weight excluding hydrogens is 368 g/mol. The first-order valence-electron chi connectivity index (χ1n) is 7.67. The van der Waals surface area contributed by atoms with E-state index < -0.39 is 5.91 Å². The number of nitrogens with one attached hydrogen (secondary N) is 1. The Morgan fingerprint density at radius 1 is 1.46 bits per heavy atom. The Hall–Kier alpha value is -2.39. The highest BCUT2D eigenvalue weighted by atomic mass is 79.9. The molecule has 0 aliphatic heterocycles. The zero-order valence-electron chi connectivity index (χ0n) is 13.9. The van der Waals surface area contributed by atoms with E-state index in [1.807, 2.05) is 26.0 Å². The fourth-order valence-electron chi connectivity index (χ4n) is 2.48. The van der Waals surface area contributed by atoms with Crippen molar-refractivity contribution in [2.75, 3.05) is 5.32 Å². The Bertz CT molecular complexity index is 813. The molecule has 0 atom stereocenters. The number of rotatable bonds is 5. The van der Waals surface area contributed by atoms with Crippen molar-refractivity contribution in [1.29, 1.82) is 5.26 Å². The molecule has 2 heterocycles. The van der Waals surface area contributed by atoms with Gasteiger partial charge in [0.1, 0.15) is 17.5 Å². The largest absolute Gasteiger partial charge is 0.349 e. The minimum Gasteiger partial charge on any atom is -0.349 e. The average Bonchev–Trinajstić information content (AvgIpc) is 2.82. The third kappa shape index (κ3) is 4.12. The molecule has 0 radical (unpaired) electrons. The topological polar surface area (TPSA) is 70.7 Å². The smallest absolute Gasteiger partial charge is 0.267 e. The second kappa shape index (κ2) is 7.93. The molecule has 0 spiro atoms. The standard InChI is InChI=1S/C18H19BrN4O/c1-4-7-23-12(2)8-14(13(23)3)9-15(10-20)18(24)22-17-6-5-16(19)11-21-17/h5-6,8-9,11H,4,7H2,1-3H3,(H,21,22,24)/b15-9-. The first kappa shape index (κ1) is 18.0. The van der Waals surface area contributed by atoms with Gasteiger partial charge in [-0.15, -0.1) is 0 Å². The minimum absolute atomic E-state index is 0.0523. The summed E-state index contributed by atoms with van der Waals surface area (Å²) in [5, 5.41) is 12.0. The number of aryl methyl sites for hydroxylation is 1. The summed E-state index contributed by atoms with van der Waals surface area (Å²) in [6.45, 7) is 7.06. The highest BCUT2D eigenvalue weighted by molar-refractivity contribution is 9.10. The summed E-state index contributed by atoms with van der Waals surface area (Å²) in [7, 11) is 0. The first-order chi connectivity index (χ1) is 11.5. The number of nitrogens with zero attached hydrogens (tertiary/aromatic N) is 3. The fourth-order valence-corrected chi connectivity index (χ4v) is 2.71. The summed E-state index contributed by atoms with van der Waals surface area (Å²) in [4.78, 5) is 16.4. The van der Waals surface area contributed by atoms with Gasteiger partial charge in [0.05, 0.1) is 0 Å². The molecular formula is C18H19BrN4O. The van der Waals surface area contributed by atoms with Crippen LogP contribution in [0.4, 0.5) is 5.82 Å². The minimum atomic E-state index is -0.465. The second-order valence-corrected chi connectivity index (χ2v) is 6.38. The van der Waals surface area contributed by atoms with E-state index in [1.54, 1.807) is 24.4 Å².